The van der Waals surface area contributed by atoms with Gasteiger partial charge in [0, 0.05) is 0 Å². The van der Waals surface area contributed by atoms with E-state index in [2.05, 4.69) is 14.7 Å². The number of amidine groups is 1. The molecule has 0 aliphatic rings. The molecule has 0 unspecified atom stereocenters. The highest BCUT2D eigenvalue weighted by Gasteiger charge is 2.16. The van der Waals surface area contributed by atoms with E-state index in [0.717, 1.165) is 7.11 Å². The van der Waals surface area contributed by atoms with E-state index in [1.807, 2.05) is 0 Å². The van der Waals surface area contributed by atoms with Crippen molar-refractivity contribution < 1.29 is 23.1 Å². The summed E-state index contributed by atoms with van der Waals surface area (Å²) in [5.74, 6) is -1.74. The first-order valence-electron chi connectivity index (χ1n) is 3.39. The zero-order valence-corrected chi connectivity index (χ0v) is 7.29. The van der Waals surface area contributed by atoms with Gasteiger partial charge in [-0.25, -0.2) is 13.6 Å². The number of alkyl halides is 2. The fraction of sp³-hybridized carbons (Fsp3) is 0.500. The highest BCUT2D eigenvalue weighted by atomic mass is 19.3. The van der Waals surface area contributed by atoms with Crippen LogP contribution in [-0.2, 0) is 14.4 Å². The first-order valence-corrected chi connectivity index (χ1v) is 3.39. The summed E-state index contributed by atoms with van der Waals surface area (Å²) in [4.78, 5) is 14.8. The van der Waals surface area contributed by atoms with Crippen LogP contribution in [0.1, 0.15) is 0 Å². The number of rotatable bonds is 5. The minimum absolute atomic E-state index is 0.645. The predicted molar refractivity (Wildman–Crippen MR) is 43.3 cm³/mol. The van der Waals surface area contributed by atoms with Crippen LogP contribution in [0.15, 0.2) is 5.16 Å². The number of nitrogens with one attached hydrogen (secondary N) is 1. The molecule has 6 nitrogen and oxygen atoms in total. The molecule has 0 amide bonds. The average Bonchev–Trinajstić information content (AvgIpc) is 2.10. The Bertz CT molecular complexity index is 255. The van der Waals surface area contributed by atoms with Gasteiger partial charge in [-0.3, -0.25) is 5.41 Å². The quantitative estimate of drug-likeness (QED) is 0.282. The SMILES string of the molecule is COC(=O)/C(=N\OCC(F)F)C(=N)N. The van der Waals surface area contributed by atoms with Crippen molar-refractivity contribution in [3.8, 4) is 0 Å². The third-order valence-corrected chi connectivity index (χ3v) is 0.990. The average molecular weight is 209 g/mol. The van der Waals surface area contributed by atoms with Crippen molar-refractivity contribution >= 4 is 17.5 Å². The number of hydrogen-bond donors (Lipinski definition) is 2. The lowest BCUT2D eigenvalue weighted by Crippen LogP contribution is -2.31. The lowest BCUT2D eigenvalue weighted by Gasteiger charge is -2.02. The summed E-state index contributed by atoms with van der Waals surface area (Å²) in [6.45, 7) is -0.978. The number of nitrogens with two attached hydrogens (primary N) is 1. The zero-order chi connectivity index (χ0) is 11.1. The maximum atomic E-state index is 11.6. The first kappa shape index (κ1) is 12.3. The largest absolute Gasteiger partial charge is 0.464 e. The Kier molecular flexibility index (Phi) is 5.12. The molecule has 0 radical (unpaired) electrons. The van der Waals surface area contributed by atoms with E-state index >= 15 is 0 Å². The van der Waals surface area contributed by atoms with Gasteiger partial charge in [0.05, 0.1) is 7.11 Å². The predicted octanol–water partition coefficient (Wildman–Crippen LogP) is -0.267. The molecule has 0 aliphatic heterocycles. The lowest BCUT2D eigenvalue weighted by atomic mass is 10.3. The number of methoxy groups -OCH3 is 1. The number of halogens is 2. The van der Waals surface area contributed by atoms with Gasteiger partial charge in [-0.15, -0.1) is 0 Å². The Morgan fingerprint density at radius 1 is 1.64 bits per heavy atom. The minimum Gasteiger partial charge on any atom is -0.464 e. The van der Waals surface area contributed by atoms with Crippen molar-refractivity contribution in [2.45, 2.75) is 6.43 Å². The molecule has 0 saturated carbocycles. The van der Waals surface area contributed by atoms with Crippen LogP contribution in [0.25, 0.3) is 0 Å². The van der Waals surface area contributed by atoms with E-state index in [1.165, 1.54) is 0 Å². The third-order valence-electron chi connectivity index (χ3n) is 0.990. The third kappa shape index (κ3) is 4.33. The molecule has 0 aromatic carbocycles. The fourth-order valence-corrected chi connectivity index (χ4v) is 0.451. The number of carbonyl (C=O) groups is 1. The molecule has 0 aromatic heterocycles. The van der Waals surface area contributed by atoms with Crippen molar-refractivity contribution in [2.75, 3.05) is 13.7 Å². The lowest BCUT2D eigenvalue weighted by molar-refractivity contribution is -0.132. The van der Waals surface area contributed by atoms with Gasteiger partial charge in [-0.05, 0) is 0 Å². The highest BCUT2D eigenvalue weighted by Crippen LogP contribution is 1.94. The highest BCUT2D eigenvalue weighted by molar-refractivity contribution is 6.64. The van der Waals surface area contributed by atoms with E-state index in [1.54, 1.807) is 0 Å². The zero-order valence-electron chi connectivity index (χ0n) is 7.29. The van der Waals surface area contributed by atoms with Crippen molar-refractivity contribution in [2.24, 2.45) is 10.9 Å². The second kappa shape index (κ2) is 5.84. The molecule has 0 aromatic rings. The second-order valence-corrected chi connectivity index (χ2v) is 2.03. The molecule has 0 saturated heterocycles. The van der Waals surface area contributed by atoms with Crippen molar-refractivity contribution in [1.29, 1.82) is 5.41 Å². The molecule has 0 fully saturated rings. The number of esters is 1. The molecule has 0 rings (SSSR count). The molecular formula is C6H9F2N3O3. The van der Waals surface area contributed by atoms with Crippen LogP contribution in [0, 0.1) is 5.41 Å². The Labute approximate surface area is 78.2 Å². The fourth-order valence-electron chi connectivity index (χ4n) is 0.451. The first-order chi connectivity index (χ1) is 6.49. The summed E-state index contributed by atoms with van der Waals surface area (Å²) in [5, 5.41) is 9.80. The van der Waals surface area contributed by atoms with Crippen LogP contribution in [0.3, 0.4) is 0 Å². The Morgan fingerprint density at radius 3 is 2.57 bits per heavy atom. The smallest absolute Gasteiger partial charge is 0.363 e. The van der Waals surface area contributed by atoms with E-state index < -0.39 is 30.5 Å². The van der Waals surface area contributed by atoms with Crippen LogP contribution in [0.2, 0.25) is 0 Å². The number of nitrogens with zero attached hydrogens (tertiary/aromatic N) is 1. The summed E-state index contributed by atoms with van der Waals surface area (Å²) in [7, 11) is 1.04. The van der Waals surface area contributed by atoms with Crippen molar-refractivity contribution in [3.05, 3.63) is 0 Å². The molecular weight excluding hydrogens is 200 g/mol. The van der Waals surface area contributed by atoms with Crippen molar-refractivity contribution in [3.63, 3.8) is 0 Å². The van der Waals surface area contributed by atoms with E-state index in [4.69, 9.17) is 11.1 Å². The van der Waals surface area contributed by atoms with Crippen LogP contribution in [0.4, 0.5) is 8.78 Å². The standard InChI is InChI=1S/C6H9F2N3O3/c1-13-6(12)4(5(9)10)11-14-2-3(7)8/h3H,2H2,1H3,(H3,9,10)/b11-4-. The molecule has 80 valence electrons. The molecule has 0 spiro atoms. The molecule has 0 bridgehead atoms. The normalized spacial score (nSPS) is 11.3. The van der Waals surface area contributed by atoms with Crippen LogP contribution in [0.5, 0.6) is 0 Å². The molecule has 14 heavy (non-hydrogen) atoms. The number of hydrogen-bond acceptors (Lipinski definition) is 5. The monoisotopic (exact) mass is 209 g/mol. The summed E-state index contributed by atoms with van der Waals surface area (Å²) < 4.78 is 27.3. The maximum Gasteiger partial charge on any atom is 0.363 e. The van der Waals surface area contributed by atoms with Gasteiger partial charge in [0.1, 0.15) is 0 Å². The topological polar surface area (TPSA) is 97.8 Å². The summed E-state index contributed by atoms with van der Waals surface area (Å²) in [6.07, 6.45) is -2.72. The maximum absolute atomic E-state index is 11.6. The Morgan fingerprint density at radius 2 is 2.21 bits per heavy atom. The Balaban J connectivity index is 4.35. The van der Waals surface area contributed by atoms with Gasteiger partial charge >= 0.3 is 5.97 Å². The summed E-state index contributed by atoms with van der Waals surface area (Å²) >= 11 is 0. The second-order valence-electron chi connectivity index (χ2n) is 2.03. The van der Waals surface area contributed by atoms with Gasteiger partial charge in [-0.2, -0.15) is 0 Å². The molecule has 0 aliphatic carbocycles. The van der Waals surface area contributed by atoms with Gasteiger partial charge in [0.15, 0.2) is 12.4 Å². The van der Waals surface area contributed by atoms with Crippen molar-refractivity contribution in [1.82, 2.24) is 0 Å². The number of carbonyl (C=O) groups excluding carboxylic acids is 1. The molecule has 0 atom stereocenters. The van der Waals surface area contributed by atoms with Gasteiger partial charge in [0.2, 0.25) is 5.71 Å². The van der Waals surface area contributed by atoms with Crippen LogP contribution in [-0.4, -0.2) is 37.7 Å². The summed E-state index contributed by atoms with van der Waals surface area (Å²) in [6, 6.07) is 0. The van der Waals surface area contributed by atoms with E-state index in [-0.39, 0.29) is 0 Å². The van der Waals surface area contributed by atoms with E-state index in [9.17, 15) is 13.6 Å². The van der Waals surface area contributed by atoms with Gasteiger partial charge in [0.25, 0.3) is 6.43 Å². The Hall–Kier alpha value is -1.73. The van der Waals surface area contributed by atoms with Gasteiger partial charge in [-0.1, -0.05) is 5.16 Å². The van der Waals surface area contributed by atoms with E-state index in [0.29, 0.717) is 0 Å². The number of oxime groups is 1. The molecule has 0 heterocycles. The minimum atomic E-state index is -2.72. The van der Waals surface area contributed by atoms with Crippen LogP contribution >= 0.6 is 0 Å². The molecule has 8 heteroatoms. The van der Waals surface area contributed by atoms with Gasteiger partial charge < -0.3 is 15.3 Å². The molecule has 3 N–H and O–H groups in total. The van der Waals surface area contributed by atoms with Crippen LogP contribution < -0.4 is 5.73 Å². The summed E-state index contributed by atoms with van der Waals surface area (Å²) in [5.41, 5.74) is 4.27. The number of ether oxygens (including phenoxy) is 1.